The van der Waals surface area contributed by atoms with Crippen LogP contribution in [0.2, 0.25) is 0 Å². The number of esters is 1. The summed E-state index contributed by atoms with van der Waals surface area (Å²) in [7, 11) is 1.58. The molecule has 0 saturated heterocycles. The summed E-state index contributed by atoms with van der Waals surface area (Å²) in [6.45, 7) is 0. The summed E-state index contributed by atoms with van der Waals surface area (Å²) in [4.78, 5) is 16.1. The first kappa shape index (κ1) is 11.5. The number of fused-ring (bicyclic) bond motifs is 1. The molecule has 0 bridgehead atoms. The number of nitrogens with zero attached hydrogens (tertiary/aromatic N) is 1. The van der Waals surface area contributed by atoms with Gasteiger partial charge in [-0.3, -0.25) is 0 Å². The second-order valence-corrected chi connectivity index (χ2v) is 4.02. The molecule has 2 aromatic rings. The third-order valence-electron chi connectivity index (χ3n) is 2.87. The molecule has 4 nitrogen and oxygen atoms in total. The van der Waals surface area contributed by atoms with Gasteiger partial charge in [0, 0.05) is 0 Å². The summed E-state index contributed by atoms with van der Waals surface area (Å²) in [5, 5.41) is 0. The molecular formula is C15H11NO3. The smallest absolute Gasteiger partial charge is 0.345 e. The Hall–Kier alpha value is -2.62. The highest BCUT2D eigenvalue weighted by Gasteiger charge is 2.27. The minimum atomic E-state index is -0.371. The minimum absolute atomic E-state index is 0.310. The largest absolute Gasteiger partial charge is 0.494 e. The van der Waals surface area contributed by atoms with Gasteiger partial charge in [-0.05, 0) is 24.3 Å². The molecule has 3 rings (SSSR count). The maximum atomic E-state index is 11.7. The predicted molar refractivity (Wildman–Crippen MR) is 71.0 cm³/mol. The number of hydrogen-bond acceptors (Lipinski definition) is 4. The van der Waals surface area contributed by atoms with Gasteiger partial charge in [0.1, 0.15) is 11.4 Å². The van der Waals surface area contributed by atoms with Crippen LogP contribution >= 0.6 is 0 Å². The molecule has 1 heterocycles. The molecule has 2 aromatic carbocycles. The molecule has 0 fully saturated rings. The van der Waals surface area contributed by atoms with Crippen molar-refractivity contribution in [2.24, 2.45) is 4.99 Å². The average Bonchev–Trinajstić information content (AvgIpc) is 2.77. The number of hydrogen-bond donors (Lipinski definition) is 0. The molecule has 0 aromatic heterocycles. The van der Waals surface area contributed by atoms with E-state index < -0.39 is 0 Å². The van der Waals surface area contributed by atoms with E-state index >= 15 is 0 Å². The monoisotopic (exact) mass is 253 g/mol. The summed E-state index contributed by atoms with van der Waals surface area (Å²) >= 11 is 0. The van der Waals surface area contributed by atoms with Crippen molar-refractivity contribution in [3.8, 4) is 5.75 Å². The van der Waals surface area contributed by atoms with E-state index in [1.807, 2.05) is 30.3 Å². The normalized spacial score (nSPS) is 15.2. The molecule has 0 atom stereocenters. The van der Waals surface area contributed by atoms with E-state index in [1.54, 1.807) is 25.3 Å². The average molecular weight is 253 g/mol. The zero-order valence-corrected chi connectivity index (χ0v) is 10.3. The van der Waals surface area contributed by atoms with Crippen LogP contribution in [0, 0.1) is 0 Å². The number of ether oxygens (including phenoxy) is 2. The van der Waals surface area contributed by atoms with Gasteiger partial charge in [-0.15, -0.1) is 0 Å². The van der Waals surface area contributed by atoms with Gasteiger partial charge in [-0.1, -0.05) is 24.3 Å². The molecule has 0 spiro atoms. The van der Waals surface area contributed by atoms with Gasteiger partial charge in [0.25, 0.3) is 0 Å². The third-order valence-corrected chi connectivity index (χ3v) is 2.87. The van der Waals surface area contributed by atoms with Crippen molar-refractivity contribution >= 4 is 17.6 Å². The van der Waals surface area contributed by atoms with Gasteiger partial charge in [-0.25, -0.2) is 9.79 Å². The Kier molecular flexibility index (Phi) is 2.76. The molecular weight excluding hydrogens is 242 g/mol. The Morgan fingerprint density at radius 2 is 1.68 bits per heavy atom. The fourth-order valence-electron chi connectivity index (χ4n) is 1.96. The zero-order chi connectivity index (χ0) is 13.2. The summed E-state index contributed by atoms with van der Waals surface area (Å²) in [6.07, 6.45) is 0. The van der Waals surface area contributed by atoms with Gasteiger partial charge in [0.05, 0.1) is 18.2 Å². The SMILES string of the molecule is COc1ccccc1N=C1OC(=O)c2ccccc21. The fourth-order valence-corrected chi connectivity index (χ4v) is 1.96. The van der Waals surface area contributed by atoms with Crippen LogP contribution in [0.25, 0.3) is 0 Å². The lowest BCUT2D eigenvalue weighted by molar-refractivity contribution is 0.0737. The molecule has 19 heavy (non-hydrogen) atoms. The first-order valence-electron chi connectivity index (χ1n) is 5.83. The number of carbonyl (C=O) groups excluding carboxylic acids is 1. The molecule has 0 radical (unpaired) electrons. The number of para-hydroxylation sites is 2. The highest BCUT2D eigenvalue weighted by molar-refractivity contribution is 6.17. The van der Waals surface area contributed by atoms with E-state index in [0.29, 0.717) is 28.5 Å². The minimum Gasteiger partial charge on any atom is -0.494 e. The molecule has 0 unspecified atom stereocenters. The summed E-state index contributed by atoms with van der Waals surface area (Å²) in [6, 6.07) is 14.5. The van der Waals surface area contributed by atoms with Gasteiger partial charge in [0.2, 0.25) is 5.90 Å². The lowest BCUT2D eigenvalue weighted by atomic mass is 10.1. The number of rotatable bonds is 2. The van der Waals surface area contributed by atoms with E-state index in [1.165, 1.54) is 0 Å². The molecule has 1 aliphatic rings. The molecule has 0 N–H and O–H groups in total. The summed E-state index contributed by atoms with van der Waals surface area (Å²) in [5.41, 5.74) is 1.87. The van der Waals surface area contributed by atoms with Crippen LogP contribution in [0.1, 0.15) is 15.9 Å². The first-order valence-corrected chi connectivity index (χ1v) is 5.83. The molecule has 4 heteroatoms. The van der Waals surface area contributed by atoms with Crippen LogP contribution in [-0.4, -0.2) is 19.0 Å². The Morgan fingerprint density at radius 3 is 2.47 bits per heavy atom. The fraction of sp³-hybridized carbons (Fsp3) is 0.0667. The number of cyclic esters (lactones) is 1. The summed E-state index contributed by atoms with van der Waals surface area (Å²) < 4.78 is 10.4. The second kappa shape index (κ2) is 4.57. The van der Waals surface area contributed by atoms with Crippen LogP contribution < -0.4 is 4.74 Å². The lowest BCUT2D eigenvalue weighted by Gasteiger charge is -2.04. The van der Waals surface area contributed by atoms with Gasteiger partial charge in [-0.2, -0.15) is 0 Å². The van der Waals surface area contributed by atoms with Crippen LogP contribution in [0.4, 0.5) is 5.69 Å². The van der Waals surface area contributed by atoms with E-state index in [0.717, 1.165) is 0 Å². The van der Waals surface area contributed by atoms with Crippen molar-refractivity contribution in [1.29, 1.82) is 0 Å². The van der Waals surface area contributed by atoms with Crippen molar-refractivity contribution in [2.45, 2.75) is 0 Å². The topological polar surface area (TPSA) is 47.9 Å². The van der Waals surface area contributed by atoms with Gasteiger partial charge in [0.15, 0.2) is 0 Å². The number of benzene rings is 2. The number of methoxy groups -OCH3 is 1. The Balaban J connectivity index is 2.09. The van der Waals surface area contributed by atoms with E-state index in [-0.39, 0.29) is 5.97 Å². The predicted octanol–water partition coefficient (Wildman–Crippen LogP) is 2.94. The Labute approximate surface area is 110 Å². The van der Waals surface area contributed by atoms with Crippen LogP contribution in [0.3, 0.4) is 0 Å². The van der Waals surface area contributed by atoms with E-state index in [9.17, 15) is 4.79 Å². The molecule has 0 amide bonds. The van der Waals surface area contributed by atoms with Crippen LogP contribution in [0.5, 0.6) is 5.75 Å². The molecule has 0 aliphatic carbocycles. The first-order chi connectivity index (χ1) is 9.29. The second-order valence-electron chi connectivity index (χ2n) is 4.02. The van der Waals surface area contributed by atoms with Gasteiger partial charge < -0.3 is 9.47 Å². The van der Waals surface area contributed by atoms with Crippen molar-refractivity contribution in [1.82, 2.24) is 0 Å². The lowest BCUT2D eigenvalue weighted by Crippen LogP contribution is -1.99. The molecule has 94 valence electrons. The molecule has 0 saturated carbocycles. The van der Waals surface area contributed by atoms with Crippen molar-refractivity contribution in [3.05, 3.63) is 59.7 Å². The Bertz CT molecular complexity index is 677. The zero-order valence-electron chi connectivity index (χ0n) is 10.3. The quantitative estimate of drug-likeness (QED) is 0.773. The standard InChI is InChI=1S/C15H11NO3/c1-18-13-9-5-4-8-12(13)16-14-10-6-2-3-7-11(10)15(17)19-14/h2-9H,1H3. The van der Waals surface area contributed by atoms with Crippen LogP contribution in [-0.2, 0) is 4.74 Å². The van der Waals surface area contributed by atoms with E-state index in [4.69, 9.17) is 9.47 Å². The van der Waals surface area contributed by atoms with Crippen molar-refractivity contribution < 1.29 is 14.3 Å². The Morgan fingerprint density at radius 1 is 1.00 bits per heavy atom. The third kappa shape index (κ3) is 1.97. The maximum Gasteiger partial charge on any atom is 0.345 e. The highest BCUT2D eigenvalue weighted by atomic mass is 16.5. The maximum absolute atomic E-state index is 11.7. The van der Waals surface area contributed by atoms with Crippen LogP contribution in [0.15, 0.2) is 53.5 Å². The highest BCUT2D eigenvalue weighted by Crippen LogP contribution is 2.29. The van der Waals surface area contributed by atoms with Crippen molar-refractivity contribution in [2.75, 3.05) is 7.11 Å². The number of aliphatic imine (C=N–C) groups is 1. The number of carbonyl (C=O) groups is 1. The molecule has 1 aliphatic heterocycles. The van der Waals surface area contributed by atoms with E-state index in [2.05, 4.69) is 4.99 Å². The summed E-state index contributed by atoms with van der Waals surface area (Å²) in [5.74, 6) is 0.574. The van der Waals surface area contributed by atoms with Gasteiger partial charge >= 0.3 is 5.97 Å². The van der Waals surface area contributed by atoms with Crippen molar-refractivity contribution in [3.63, 3.8) is 0 Å².